The molecule has 1 rings (SSSR count). The van der Waals surface area contributed by atoms with Crippen molar-refractivity contribution in [3.8, 4) is 11.5 Å². The maximum absolute atomic E-state index is 5.40. The number of rotatable bonds is 6. The highest BCUT2D eigenvalue weighted by molar-refractivity contribution is 9.10. The zero-order valence-electron chi connectivity index (χ0n) is 10.8. The van der Waals surface area contributed by atoms with Gasteiger partial charge in [-0.15, -0.1) is 0 Å². The van der Waals surface area contributed by atoms with Crippen LogP contribution in [0.4, 0.5) is 0 Å². The van der Waals surface area contributed by atoms with E-state index in [9.17, 15) is 0 Å². The Bertz CT molecular complexity index is 369. The van der Waals surface area contributed by atoms with Gasteiger partial charge in [0.15, 0.2) is 11.5 Å². The summed E-state index contributed by atoms with van der Waals surface area (Å²) in [5, 5.41) is 3.45. The smallest absolute Gasteiger partial charge is 0.165 e. The third-order valence-corrected chi connectivity index (χ3v) is 3.23. The Hall–Kier alpha value is -0.740. The summed E-state index contributed by atoms with van der Waals surface area (Å²) in [6, 6.07) is 4.45. The Labute approximate surface area is 112 Å². The van der Waals surface area contributed by atoms with E-state index in [0.717, 1.165) is 34.5 Å². The minimum absolute atomic E-state index is 0.490. The molecule has 0 aliphatic heterocycles. The Balaban J connectivity index is 2.92. The van der Waals surface area contributed by atoms with Crippen molar-refractivity contribution >= 4 is 15.9 Å². The van der Waals surface area contributed by atoms with Gasteiger partial charge in [-0.3, -0.25) is 0 Å². The highest BCUT2D eigenvalue weighted by Crippen LogP contribution is 2.34. The molecular weight excluding hydrogens is 282 g/mol. The van der Waals surface area contributed by atoms with Crippen molar-refractivity contribution in [3.05, 3.63) is 22.2 Å². The van der Waals surface area contributed by atoms with Crippen molar-refractivity contribution in [1.29, 1.82) is 0 Å². The van der Waals surface area contributed by atoms with E-state index in [2.05, 4.69) is 41.2 Å². The van der Waals surface area contributed by atoms with Gasteiger partial charge in [-0.2, -0.15) is 0 Å². The van der Waals surface area contributed by atoms with E-state index >= 15 is 0 Å². The van der Waals surface area contributed by atoms with Gasteiger partial charge in [-0.25, -0.2) is 0 Å². The predicted octanol–water partition coefficient (Wildman–Crippen LogP) is 3.35. The van der Waals surface area contributed by atoms with Gasteiger partial charge in [0, 0.05) is 22.6 Å². The monoisotopic (exact) mass is 301 g/mol. The Morgan fingerprint density at radius 1 is 1.29 bits per heavy atom. The number of nitrogens with one attached hydrogen (secondary N) is 1. The van der Waals surface area contributed by atoms with Gasteiger partial charge in [0.2, 0.25) is 0 Å². The molecule has 0 spiro atoms. The van der Waals surface area contributed by atoms with Crippen molar-refractivity contribution in [3.63, 3.8) is 0 Å². The number of halogens is 1. The average molecular weight is 302 g/mol. The Morgan fingerprint density at radius 3 is 2.53 bits per heavy atom. The average Bonchev–Trinajstić information content (AvgIpc) is 2.34. The molecule has 1 aromatic rings. The lowest BCUT2D eigenvalue weighted by molar-refractivity contribution is 0.349. The zero-order chi connectivity index (χ0) is 12.8. The first-order valence-corrected chi connectivity index (χ1v) is 6.55. The van der Waals surface area contributed by atoms with Gasteiger partial charge < -0.3 is 14.8 Å². The summed E-state index contributed by atoms with van der Waals surface area (Å²) in [4.78, 5) is 0. The summed E-state index contributed by atoms with van der Waals surface area (Å²) in [6.07, 6.45) is 1.10. The highest BCUT2D eigenvalue weighted by Gasteiger charge is 2.12. The number of ether oxygens (including phenoxy) is 2. The lowest BCUT2D eigenvalue weighted by Gasteiger charge is -2.16. The molecule has 0 unspecified atom stereocenters. The largest absolute Gasteiger partial charge is 0.493 e. The van der Waals surface area contributed by atoms with Crippen LogP contribution in [0.2, 0.25) is 0 Å². The van der Waals surface area contributed by atoms with Gasteiger partial charge in [0.05, 0.1) is 14.2 Å². The van der Waals surface area contributed by atoms with E-state index in [-0.39, 0.29) is 0 Å². The van der Waals surface area contributed by atoms with Gasteiger partial charge in [0.25, 0.3) is 0 Å². The van der Waals surface area contributed by atoms with Crippen molar-refractivity contribution in [2.24, 2.45) is 0 Å². The van der Waals surface area contributed by atoms with Crippen molar-refractivity contribution in [1.82, 2.24) is 5.32 Å². The quantitative estimate of drug-likeness (QED) is 0.874. The Kier molecular flexibility index (Phi) is 5.78. The minimum atomic E-state index is 0.490. The summed E-state index contributed by atoms with van der Waals surface area (Å²) in [5.41, 5.74) is 1.10. The van der Waals surface area contributed by atoms with E-state index in [4.69, 9.17) is 9.47 Å². The second kappa shape index (κ2) is 6.87. The molecular formula is C13H20BrNO2. The zero-order valence-corrected chi connectivity index (χ0v) is 12.4. The van der Waals surface area contributed by atoms with Crippen LogP contribution >= 0.6 is 15.9 Å². The molecule has 1 atom stereocenters. The van der Waals surface area contributed by atoms with E-state index in [1.807, 2.05) is 6.07 Å². The third-order valence-electron chi connectivity index (χ3n) is 2.77. The first kappa shape index (κ1) is 14.3. The summed E-state index contributed by atoms with van der Waals surface area (Å²) in [6.45, 7) is 5.10. The Morgan fingerprint density at radius 2 is 2.00 bits per heavy atom. The maximum atomic E-state index is 5.40. The van der Waals surface area contributed by atoms with E-state index in [0.29, 0.717) is 6.04 Å². The fourth-order valence-corrected chi connectivity index (χ4v) is 2.05. The maximum Gasteiger partial charge on any atom is 0.165 e. The third kappa shape index (κ3) is 3.89. The molecule has 4 heteroatoms. The summed E-state index contributed by atoms with van der Waals surface area (Å²) >= 11 is 3.48. The standard InChI is InChI=1S/C13H20BrNO2/c1-5-9(2)15-8-10-6-11(14)7-12(16-3)13(10)17-4/h6-7,9,15H,5,8H2,1-4H3/t9-/m0/s1. The molecule has 0 saturated heterocycles. The van der Waals surface area contributed by atoms with Crippen LogP contribution in [0, 0.1) is 0 Å². The fourth-order valence-electron chi connectivity index (χ4n) is 1.57. The minimum Gasteiger partial charge on any atom is -0.493 e. The number of benzene rings is 1. The van der Waals surface area contributed by atoms with Crippen molar-refractivity contribution in [2.45, 2.75) is 32.9 Å². The molecule has 1 aromatic carbocycles. The highest BCUT2D eigenvalue weighted by atomic mass is 79.9. The normalized spacial score (nSPS) is 12.3. The summed E-state index contributed by atoms with van der Waals surface area (Å²) < 4.78 is 11.7. The molecule has 0 bridgehead atoms. The van der Waals surface area contributed by atoms with Crippen LogP contribution in [0.3, 0.4) is 0 Å². The second-order valence-electron chi connectivity index (χ2n) is 3.99. The number of methoxy groups -OCH3 is 2. The molecule has 0 aliphatic rings. The molecule has 0 aromatic heterocycles. The van der Waals surface area contributed by atoms with Gasteiger partial charge >= 0.3 is 0 Å². The van der Waals surface area contributed by atoms with Gasteiger partial charge in [-0.05, 0) is 25.5 Å². The molecule has 0 saturated carbocycles. The number of hydrogen-bond acceptors (Lipinski definition) is 3. The van der Waals surface area contributed by atoms with Crippen LogP contribution in [0.5, 0.6) is 11.5 Å². The molecule has 0 radical (unpaired) electrons. The lowest BCUT2D eigenvalue weighted by Crippen LogP contribution is -2.24. The predicted molar refractivity (Wildman–Crippen MR) is 73.8 cm³/mol. The SMILES string of the molecule is CC[C@H](C)NCc1cc(Br)cc(OC)c1OC. The molecule has 3 nitrogen and oxygen atoms in total. The summed E-state index contributed by atoms with van der Waals surface area (Å²) in [5.74, 6) is 1.55. The lowest BCUT2D eigenvalue weighted by atomic mass is 10.1. The fraction of sp³-hybridized carbons (Fsp3) is 0.538. The van der Waals surface area contributed by atoms with Crippen LogP contribution in [-0.2, 0) is 6.54 Å². The molecule has 0 amide bonds. The van der Waals surface area contributed by atoms with Crippen LogP contribution < -0.4 is 14.8 Å². The van der Waals surface area contributed by atoms with Crippen molar-refractivity contribution in [2.75, 3.05) is 14.2 Å². The van der Waals surface area contributed by atoms with E-state index in [1.54, 1.807) is 14.2 Å². The molecule has 1 N–H and O–H groups in total. The van der Waals surface area contributed by atoms with Crippen LogP contribution in [-0.4, -0.2) is 20.3 Å². The van der Waals surface area contributed by atoms with E-state index in [1.165, 1.54) is 0 Å². The van der Waals surface area contributed by atoms with E-state index < -0.39 is 0 Å². The summed E-state index contributed by atoms with van der Waals surface area (Å²) in [7, 11) is 3.31. The first-order valence-electron chi connectivity index (χ1n) is 5.76. The topological polar surface area (TPSA) is 30.5 Å². The van der Waals surface area contributed by atoms with Crippen molar-refractivity contribution < 1.29 is 9.47 Å². The van der Waals surface area contributed by atoms with Crippen LogP contribution in [0.1, 0.15) is 25.8 Å². The molecule has 96 valence electrons. The molecule has 0 aliphatic carbocycles. The molecule has 0 fully saturated rings. The van der Waals surface area contributed by atoms with Crippen LogP contribution in [0.15, 0.2) is 16.6 Å². The first-order chi connectivity index (χ1) is 8.12. The number of hydrogen-bond donors (Lipinski definition) is 1. The second-order valence-corrected chi connectivity index (χ2v) is 4.91. The molecule has 0 heterocycles. The molecule has 17 heavy (non-hydrogen) atoms. The van der Waals surface area contributed by atoms with Gasteiger partial charge in [0.1, 0.15) is 0 Å². The van der Waals surface area contributed by atoms with Gasteiger partial charge in [-0.1, -0.05) is 22.9 Å². The van der Waals surface area contributed by atoms with Crippen LogP contribution in [0.25, 0.3) is 0 Å².